The highest BCUT2D eigenvalue weighted by atomic mass is 32.2. The Balaban J connectivity index is 1.81. The van der Waals surface area contributed by atoms with Crippen LogP contribution in [-0.2, 0) is 60.3 Å². The van der Waals surface area contributed by atoms with Crippen LogP contribution in [0, 0.1) is 0 Å². The Morgan fingerprint density at radius 3 is 1.80 bits per heavy atom. The number of esters is 1. The number of unbranched alkanes of at least 4 members (excludes halogenated alkanes) is 6. The smallest absolute Gasteiger partial charge is 0.305 e. The second kappa shape index (κ2) is 22.6. The number of aliphatic carboxylic acids is 2. The SMILES string of the molecule is COC(=O)CCCCCC1(C)C(/C=C/C=C/C=C2\N(CCCS(=O)(=O)O)c3ccc(S(=O)(=O)O)cc3C2(C)CCCCCC(=O)O)=[N+](CCCCCC(=O)O)c2ccc(S(=O)(=O)O)cc21. The summed E-state index contributed by atoms with van der Waals surface area (Å²) in [6, 6.07) is 8.63. The van der Waals surface area contributed by atoms with E-state index in [1.807, 2.05) is 30.9 Å². The van der Waals surface area contributed by atoms with Gasteiger partial charge in [-0.3, -0.25) is 28.0 Å². The quantitative estimate of drug-likeness (QED) is 0.0192. The molecule has 2 aliphatic heterocycles. The molecule has 0 aliphatic carbocycles. The van der Waals surface area contributed by atoms with E-state index in [1.165, 1.54) is 37.4 Å². The van der Waals surface area contributed by atoms with Crippen molar-refractivity contribution in [3.63, 3.8) is 0 Å². The van der Waals surface area contributed by atoms with Crippen LogP contribution in [0.25, 0.3) is 0 Å². The van der Waals surface area contributed by atoms with Gasteiger partial charge >= 0.3 is 17.9 Å². The molecule has 2 aromatic rings. The largest absolute Gasteiger partial charge is 0.481 e. The number of hydrogen-bond donors (Lipinski definition) is 5. The van der Waals surface area contributed by atoms with Crippen molar-refractivity contribution in [2.45, 2.75) is 131 Å². The summed E-state index contributed by atoms with van der Waals surface area (Å²) in [4.78, 5) is 35.5. The fourth-order valence-electron chi connectivity index (χ4n) is 8.84. The fraction of sp³-hybridized carbons (Fsp3) is 0.511. The monoisotopic (exact) mass is 965 g/mol. The van der Waals surface area contributed by atoms with E-state index in [2.05, 4.69) is 4.58 Å². The van der Waals surface area contributed by atoms with Gasteiger partial charge in [-0.1, -0.05) is 43.9 Å². The van der Waals surface area contributed by atoms with Crippen molar-refractivity contribution in [1.29, 1.82) is 0 Å². The maximum Gasteiger partial charge on any atom is 0.305 e. The second-order valence-corrected chi connectivity index (χ2v) is 21.3. The zero-order valence-corrected chi connectivity index (χ0v) is 39.5. The van der Waals surface area contributed by atoms with Crippen LogP contribution in [-0.4, -0.2) is 103 Å². The summed E-state index contributed by atoms with van der Waals surface area (Å²) in [6.07, 6.45) is 15.4. The van der Waals surface area contributed by atoms with Crippen molar-refractivity contribution in [3.8, 4) is 0 Å². The number of hydrogen-bond acceptors (Lipinski definition) is 11. The van der Waals surface area contributed by atoms with Crippen molar-refractivity contribution < 1.29 is 72.8 Å². The highest BCUT2D eigenvalue weighted by molar-refractivity contribution is 7.86. The molecular weight excluding hydrogens is 905 g/mol. The number of fused-ring (bicyclic) bond motifs is 2. The van der Waals surface area contributed by atoms with Gasteiger partial charge in [0.15, 0.2) is 5.71 Å². The fourth-order valence-corrected chi connectivity index (χ4v) is 10.3. The normalized spacial score (nSPS) is 19.4. The predicted octanol–water partition coefficient (Wildman–Crippen LogP) is 7.39. The van der Waals surface area contributed by atoms with E-state index < -0.39 is 58.9 Å². The van der Waals surface area contributed by atoms with Crippen LogP contribution in [0.4, 0.5) is 11.4 Å². The summed E-state index contributed by atoms with van der Waals surface area (Å²) in [7, 11) is -12.2. The first-order chi connectivity index (χ1) is 30.4. The van der Waals surface area contributed by atoms with Crippen molar-refractivity contribution in [2.24, 2.45) is 0 Å². The summed E-state index contributed by atoms with van der Waals surface area (Å²) in [5.74, 6) is -2.69. The van der Waals surface area contributed by atoms with Gasteiger partial charge in [0.2, 0.25) is 5.69 Å². The highest BCUT2D eigenvalue weighted by Gasteiger charge is 2.48. The van der Waals surface area contributed by atoms with Gasteiger partial charge in [0, 0.05) is 66.7 Å². The number of methoxy groups -OCH3 is 1. The first-order valence-electron chi connectivity index (χ1n) is 21.6. The van der Waals surface area contributed by atoms with Gasteiger partial charge in [-0.05, 0) is 101 Å². The molecule has 2 unspecified atom stereocenters. The van der Waals surface area contributed by atoms with E-state index in [-0.39, 0.29) is 48.0 Å². The lowest BCUT2D eigenvalue weighted by Crippen LogP contribution is -2.31. The Kier molecular flexibility index (Phi) is 18.4. The number of anilines is 1. The summed E-state index contributed by atoms with van der Waals surface area (Å²) in [6.45, 7) is 4.46. The van der Waals surface area contributed by atoms with Crippen molar-refractivity contribution in [2.75, 3.05) is 30.9 Å². The first-order valence-corrected chi connectivity index (χ1v) is 26.1. The van der Waals surface area contributed by atoms with Crippen LogP contribution in [0.2, 0.25) is 0 Å². The van der Waals surface area contributed by atoms with E-state index in [0.29, 0.717) is 99.7 Å². The molecule has 2 aromatic carbocycles. The molecule has 0 bridgehead atoms. The lowest BCUT2D eigenvalue weighted by atomic mass is 9.75. The number of allylic oxidation sites excluding steroid dienone is 6. The molecule has 0 aromatic heterocycles. The molecule has 0 fully saturated rings. The van der Waals surface area contributed by atoms with Gasteiger partial charge in [-0.25, -0.2) is 0 Å². The lowest BCUT2D eigenvalue weighted by Gasteiger charge is -2.30. The molecule has 2 aliphatic rings. The molecule has 20 heteroatoms. The number of carboxylic acids is 2. The van der Waals surface area contributed by atoms with Crippen LogP contribution in [0.1, 0.15) is 121 Å². The highest BCUT2D eigenvalue weighted by Crippen LogP contribution is 2.51. The van der Waals surface area contributed by atoms with Gasteiger partial charge in [-0.15, -0.1) is 0 Å². The third-order valence-electron chi connectivity index (χ3n) is 12.2. The molecule has 65 heavy (non-hydrogen) atoms. The van der Waals surface area contributed by atoms with Gasteiger partial charge in [0.05, 0.1) is 28.1 Å². The van der Waals surface area contributed by atoms with E-state index in [4.69, 9.17) is 4.74 Å². The van der Waals surface area contributed by atoms with Crippen molar-refractivity contribution in [1.82, 2.24) is 0 Å². The molecule has 0 saturated carbocycles. The van der Waals surface area contributed by atoms with E-state index in [0.717, 1.165) is 11.4 Å². The number of ether oxygens (including phenoxy) is 1. The summed E-state index contributed by atoms with van der Waals surface area (Å²) in [5, 5.41) is 18.4. The topological polar surface area (TPSA) is 270 Å². The number of carbonyl (C=O) groups is 3. The zero-order valence-electron chi connectivity index (χ0n) is 37.0. The standard InChI is InChI=1S/C45H60N2O15S3/c1-44(27-14-6-12-21-43(52)62-3)35-31-33(64(56,57)58)22-24-37(35)46(28-15-7-11-20-42(50)51)39(44)17-8-4-9-18-40-45(2,26-13-5-10-19-41(48)49)36-32-34(65(59,60)61)23-25-38(36)47(40)29-16-30-63(53,54)55/h4,8-9,17-18,22-25,31-32H,5-7,10-16,19-21,26-30H2,1-3H3,(H4-,48,49,50,51,53,54,55,56,57,58,59,60,61)/p+1. The molecule has 0 saturated heterocycles. The number of benzene rings is 2. The predicted molar refractivity (Wildman–Crippen MR) is 244 cm³/mol. The number of carbonyl (C=O) groups excluding carboxylic acids is 1. The Morgan fingerprint density at radius 2 is 1.23 bits per heavy atom. The summed E-state index contributed by atoms with van der Waals surface area (Å²) >= 11 is 0. The van der Waals surface area contributed by atoms with E-state index in [1.54, 1.807) is 24.3 Å². The molecule has 0 radical (unpaired) electrons. The molecule has 0 amide bonds. The third kappa shape index (κ3) is 14.4. The molecular formula is C45H61N2O15S3+. The summed E-state index contributed by atoms with van der Waals surface area (Å²) < 4.78 is 109. The summed E-state index contributed by atoms with van der Waals surface area (Å²) in [5.41, 5.74) is 2.31. The third-order valence-corrected chi connectivity index (χ3v) is 14.7. The van der Waals surface area contributed by atoms with Gasteiger partial charge in [0.1, 0.15) is 6.54 Å². The average molecular weight is 966 g/mol. The Bertz CT molecular complexity index is 2550. The number of nitrogens with zero attached hydrogens (tertiary/aromatic N) is 2. The van der Waals surface area contributed by atoms with Crippen LogP contribution < -0.4 is 4.90 Å². The number of rotatable bonds is 27. The molecule has 2 atom stereocenters. The van der Waals surface area contributed by atoms with Gasteiger partial charge in [0.25, 0.3) is 30.4 Å². The maximum absolute atomic E-state index is 12.4. The van der Waals surface area contributed by atoms with Gasteiger partial charge < -0.3 is 19.8 Å². The Hall–Kier alpha value is -4.73. The Labute approximate surface area is 381 Å². The first kappa shape index (κ1) is 52.9. The molecule has 4 rings (SSSR count). The zero-order chi connectivity index (χ0) is 48.2. The Morgan fingerprint density at radius 1 is 0.677 bits per heavy atom. The minimum absolute atomic E-state index is 0.0135. The molecule has 5 N–H and O–H groups in total. The maximum atomic E-state index is 12.4. The minimum atomic E-state index is -4.62. The van der Waals surface area contributed by atoms with Crippen molar-refractivity contribution in [3.05, 3.63) is 83.6 Å². The number of carboxylic acid groups (broad SMARTS) is 2. The molecule has 0 spiro atoms. The lowest BCUT2D eigenvalue weighted by molar-refractivity contribution is -0.438. The average Bonchev–Trinajstić information content (AvgIpc) is 3.58. The molecule has 358 valence electrons. The van der Waals surface area contributed by atoms with Crippen LogP contribution >= 0.6 is 0 Å². The second-order valence-electron chi connectivity index (χ2n) is 16.9. The van der Waals surface area contributed by atoms with E-state index in [9.17, 15) is 63.5 Å². The van der Waals surface area contributed by atoms with Crippen molar-refractivity contribution >= 4 is 65.3 Å². The van der Waals surface area contributed by atoms with Gasteiger partial charge in [-0.2, -0.15) is 29.8 Å². The van der Waals surface area contributed by atoms with Crippen LogP contribution in [0.15, 0.2) is 82.3 Å². The van der Waals surface area contributed by atoms with E-state index >= 15 is 0 Å². The minimum Gasteiger partial charge on any atom is -0.481 e. The van der Waals surface area contributed by atoms with Crippen LogP contribution in [0.3, 0.4) is 0 Å². The molecule has 2 heterocycles. The van der Waals surface area contributed by atoms with Crippen LogP contribution in [0.5, 0.6) is 0 Å². The molecule has 17 nitrogen and oxygen atoms in total.